The van der Waals surface area contributed by atoms with E-state index in [1.165, 1.54) is 5.56 Å². The Morgan fingerprint density at radius 1 is 1.45 bits per heavy atom. The van der Waals surface area contributed by atoms with Gasteiger partial charge in [-0.2, -0.15) is 5.10 Å². The lowest BCUT2D eigenvalue weighted by molar-refractivity contribution is 0.156. The summed E-state index contributed by atoms with van der Waals surface area (Å²) in [7, 11) is 0. The molecule has 0 bridgehead atoms. The molecule has 0 amide bonds. The van der Waals surface area contributed by atoms with Crippen LogP contribution >= 0.6 is 0 Å². The third-order valence-electron chi connectivity index (χ3n) is 3.82. The molecule has 0 saturated heterocycles. The zero-order valence-corrected chi connectivity index (χ0v) is 11.7. The van der Waals surface area contributed by atoms with E-state index in [1.807, 2.05) is 29.2 Å². The van der Waals surface area contributed by atoms with E-state index in [4.69, 9.17) is 4.74 Å². The first-order valence-corrected chi connectivity index (χ1v) is 7.21. The molecule has 1 atom stereocenters. The van der Waals surface area contributed by atoms with Crippen LogP contribution in [0.1, 0.15) is 42.6 Å². The molecule has 1 aliphatic rings. The maximum atomic E-state index is 10.0. The van der Waals surface area contributed by atoms with Crippen molar-refractivity contribution in [2.75, 3.05) is 0 Å². The second kappa shape index (κ2) is 5.67. The first kappa shape index (κ1) is 13.2. The van der Waals surface area contributed by atoms with E-state index in [0.717, 1.165) is 42.7 Å². The summed E-state index contributed by atoms with van der Waals surface area (Å²) >= 11 is 0. The lowest BCUT2D eigenvalue weighted by Crippen LogP contribution is -2.09. The number of hydrogen-bond acceptors (Lipinski definition) is 3. The van der Waals surface area contributed by atoms with E-state index in [9.17, 15) is 5.11 Å². The van der Waals surface area contributed by atoms with Crippen molar-refractivity contribution in [3.63, 3.8) is 0 Å². The molecule has 4 nitrogen and oxygen atoms in total. The highest BCUT2D eigenvalue weighted by atomic mass is 16.5. The molecule has 1 N–H and O–H groups in total. The molecule has 0 aliphatic heterocycles. The molecular formula is C16H20N2O2. The minimum absolute atomic E-state index is 0.342. The van der Waals surface area contributed by atoms with E-state index in [-0.39, 0.29) is 6.10 Å². The lowest BCUT2D eigenvalue weighted by Gasteiger charge is -2.21. The fourth-order valence-electron chi connectivity index (χ4n) is 2.66. The maximum Gasteiger partial charge on any atom is 0.120 e. The number of fused-ring (bicyclic) bond motifs is 1. The molecule has 0 unspecified atom stereocenters. The highest BCUT2D eigenvalue weighted by molar-refractivity contribution is 5.38. The van der Waals surface area contributed by atoms with Gasteiger partial charge in [-0.3, -0.25) is 4.68 Å². The zero-order valence-electron chi connectivity index (χ0n) is 11.7. The largest absolute Gasteiger partial charge is 0.489 e. The summed E-state index contributed by atoms with van der Waals surface area (Å²) in [4.78, 5) is 0. The maximum absolute atomic E-state index is 10.0. The summed E-state index contributed by atoms with van der Waals surface area (Å²) in [6, 6.07) is 6.03. The van der Waals surface area contributed by atoms with Gasteiger partial charge in [0.05, 0.1) is 12.3 Å². The van der Waals surface area contributed by atoms with Gasteiger partial charge < -0.3 is 9.84 Å². The standard InChI is InChI=1S/C16H20N2O2/c1-2-18-10-12(9-17-18)11-20-14-7-6-13-4-3-5-16(19)15(13)8-14/h6-10,16,19H,2-5,11H2,1H3/t16-/m0/s1. The van der Waals surface area contributed by atoms with E-state index in [1.54, 1.807) is 0 Å². The summed E-state index contributed by atoms with van der Waals surface area (Å²) in [5, 5.41) is 14.3. The highest BCUT2D eigenvalue weighted by Gasteiger charge is 2.18. The Morgan fingerprint density at radius 3 is 3.15 bits per heavy atom. The minimum Gasteiger partial charge on any atom is -0.489 e. The van der Waals surface area contributed by atoms with Crippen molar-refractivity contribution in [2.45, 2.75) is 45.4 Å². The fourth-order valence-corrected chi connectivity index (χ4v) is 2.66. The van der Waals surface area contributed by atoms with Crippen molar-refractivity contribution in [1.82, 2.24) is 9.78 Å². The monoisotopic (exact) mass is 272 g/mol. The summed E-state index contributed by atoms with van der Waals surface area (Å²) < 4.78 is 7.68. The molecule has 4 heteroatoms. The third-order valence-corrected chi connectivity index (χ3v) is 3.82. The Morgan fingerprint density at radius 2 is 2.35 bits per heavy atom. The van der Waals surface area contributed by atoms with Crippen molar-refractivity contribution in [1.29, 1.82) is 0 Å². The van der Waals surface area contributed by atoms with Gasteiger partial charge in [-0.15, -0.1) is 0 Å². The van der Waals surface area contributed by atoms with Crippen LogP contribution in [0.25, 0.3) is 0 Å². The molecule has 3 rings (SSSR count). The van der Waals surface area contributed by atoms with E-state index < -0.39 is 0 Å². The Bertz CT molecular complexity index is 592. The van der Waals surface area contributed by atoms with Crippen molar-refractivity contribution in [2.24, 2.45) is 0 Å². The third kappa shape index (κ3) is 2.70. The molecule has 0 fully saturated rings. The number of hydrogen-bond donors (Lipinski definition) is 1. The van der Waals surface area contributed by atoms with Gasteiger partial charge in [0.2, 0.25) is 0 Å². The Kier molecular flexibility index (Phi) is 3.74. The van der Waals surface area contributed by atoms with Crippen LogP contribution in [0.2, 0.25) is 0 Å². The summed E-state index contributed by atoms with van der Waals surface area (Å²) in [5.74, 6) is 0.814. The van der Waals surface area contributed by atoms with Crippen molar-refractivity contribution < 1.29 is 9.84 Å². The zero-order chi connectivity index (χ0) is 13.9. The van der Waals surface area contributed by atoms with Crippen LogP contribution in [0.4, 0.5) is 0 Å². The number of aliphatic hydroxyl groups is 1. The topological polar surface area (TPSA) is 47.3 Å². The molecule has 106 valence electrons. The predicted molar refractivity (Wildman–Crippen MR) is 76.6 cm³/mol. The van der Waals surface area contributed by atoms with E-state index in [0.29, 0.717) is 6.61 Å². The molecule has 1 aromatic carbocycles. The van der Waals surface area contributed by atoms with Crippen LogP contribution in [0.3, 0.4) is 0 Å². The molecule has 20 heavy (non-hydrogen) atoms. The van der Waals surface area contributed by atoms with Gasteiger partial charge in [-0.25, -0.2) is 0 Å². The van der Waals surface area contributed by atoms with Crippen LogP contribution in [-0.4, -0.2) is 14.9 Å². The molecule has 1 heterocycles. The number of aryl methyl sites for hydroxylation is 2. The van der Waals surface area contributed by atoms with Crippen LogP contribution in [-0.2, 0) is 19.6 Å². The van der Waals surface area contributed by atoms with Gasteiger partial charge in [-0.1, -0.05) is 6.07 Å². The van der Waals surface area contributed by atoms with Gasteiger partial charge in [0, 0.05) is 18.3 Å². The van der Waals surface area contributed by atoms with E-state index in [2.05, 4.69) is 18.1 Å². The summed E-state index contributed by atoms with van der Waals surface area (Å²) in [6.07, 6.45) is 6.44. The Hall–Kier alpha value is -1.81. The number of benzene rings is 1. The van der Waals surface area contributed by atoms with Gasteiger partial charge in [0.25, 0.3) is 0 Å². The first-order valence-electron chi connectivity index (χ1n) is 7.21. The molecule has 0 saturated carbocycles. The van der Waals surface area contributed by atoms with Crippen molar-refractivity contribution in [3.05, 3.63) is 47.3 Å². The Balaban J connectivity index is 1.70. The van der Waals surface area contributed by atoms with Crippen molar-refractivity contribution >= 4 is 0 Å². The number of nitrogens with zero attached hydrogens (tertiary/aromatic N) is 2. The van der Waals surface area contributed by atoms with Gasteiger partial charge >= 0.3 is 0 Å². The summed E-state index contributed by atoms with van der Waals surface area (Å²) in [5.41, 5.74) is 3.33. The fraction of sp³-hybridized carbons (Fsp3) is 0.438. The highest BCUT2D eigenvalue weighted by Crippen LogP contribution is 2.32. The van der Waals surface area contributed by atoms with Crippen LogP contribution in [0.5, 0.6) is 5.75 Å². The van der Waals surface area contributed by atoms with Gasteiger partial charge in [0.15, 0.2) is 0 Å². The Labute approximate surface area is 119 Å². The SMILES string of the molecule is CCn1cc(COc2ccc3c(c2)[C@@H](O)CCC3)cn1. The van der Waals surface area contributed by atoms with E-state index >= 15 is 0 Å². The molecule has 2 aromatic rings. The van der Waals surface area contributed by atoms with Crippen LogP contribution < -0.4 is 4.74 Å². The quantitative estimate of drug-likeness (QED) is 0.931. The number of rotatable bonds is 4. The number of aromatic nitrogens is 2. The average molecular weight is 272 g/mol. The molecule has 0 spiro atoms. The number of ether oxygens (including phenoxy) is 1. The van der Waals surface area contributed by atoms with Gasteiger partial charge in [0.1, 0.15) is 12.4 Å². The predicted octanol–water partition coefficient (Wildman–Crippen LogP) is 2.85. The second-order valence-electron chi connectivity index (χ2n) is 5.26. The summed E-state index contributed by atoms with van der Waals surface area (Å²) in [6.45, 7) is 3.43. The normalized spacial score (nSPS) is 17.8. The average Bonchev–Trinajstić information content (AvgIpc) is 2.94. The van der Waals surface area contributed by atoms with Crippen LogP contribution in [0.15, 0.2) is 30.6 Å². The number of aliphatic hydroxyl groups excluding tert-OH is 1. The minimum atomic E-state index is -0.342. The smallest absolute Gasteiger partial charge is 0.120 e. The molecular weight excluding hydrogens is 252 g/mol. The lowest BCUT2D eigenvalue weighted by atomic mass is 9.89. The van der Waals surface area contributed by atoms with Gasteiger partial charge in [-0.05, 0) is 49.4 Å². The second-order valence-corrected chi connectivity index (χ2v) is 5.26. The van der Waals surface area contributed by atoms with Crippen LogP contribution in [0, 0.1) is 0 Å². The van der Waals surface area contributed by atoms with Crippen molar-refractivity contribution in [3.8, 4) is 5.75 Å². The molecule has 1 aromatic heterocycles. The molecule has 1 aliphatic carbocycles. The molecule has 0 radical (unpaired) electrons. The first-order chi connectivity index (χ1) is 9.76.